The fraction of sp³-hybridized carbons (Fsp3) is 0.346. The van der Waals surface area contributed by atoms with Gasteiger partial charge in [0.25, 0.3) is 0 Å². The highest BCUT2D eigenvalue weighted by molar-refractivity contribution is 6.31. The maximum atomic E-state index is 12.4. The minimum atomic E-state index is -0.452. The molecule has 10 nitrogen and oxygen atoms in total. The van der Waals surface area contributed by atoms with E-state index in [9.17, 15) is 9.59 Å². The Kier molecular flexibility index (Phi) is 7.88. The number of nitrogens with zero attached hydrogens (tertiary/aromatic N) is 5. The van der Waals surface area contributed by atoms with E-state index in [2.05, 4.69) is 35.4 Å². The highest BCUT2D eigenvalue weighted by Crippen LogP contribution is 2.38. The molecule has 0 saturated carbocycles. The van der Waals surface area contributed by atoms with Gasteiger partial charge in [-0.25, -0.2) is 15.0 Å². The predicted molar refractivity (Wildman–Crippen MR) is 142 cm³/mol. The Morgan fingerprint density at radius 3 is 2.76 bits per heavy atom. The fourth-order valence-electron chi connectivity index (χ4n) is 4.52. The van der Waals surface area contributed by atoms with Crippen LogP contribution in [-0.4, -0.2) is 77.6 Å². The van der Waals surface area contributed by atoms with Crippen LogP contribution in [0.4, 0.5) is 17.3 Å². The zero-order valence-electron chi connectivity index (χ0n) is 20.3. The predicted octanol–water partition coefficient (Wildman–Crippen LogP) is 2.71. The molecule has 37 heavy (non-hydrogen) atoms. The van der Waals surface area contributed by atoms with Gasteiger partial charge >= 0.3 is 0 Å². The number of fused-ring (bicyclic) bond motifs is 2. The summed E-state index contributed by atoms with van der Waals surface area (Å²) in [5.74, 6) is 0.295. The number of rotatable bonds is 8. The number of nitrogens with one attached hydrogen (secondary N) is 2. The molecule has 5 rings (SSSR count). The van der Waals surface area contributed by atoms with Crippen molar-refractivity contribution >= 4 is 51.6 Å². The summed E-state index contributed by atoms with van der Waals surface area (Å²) < 4.78 is 5.33. The number of hydrogen-bond acceptors (Lipinski definition) is 8. The summed E-state index contributed by atoms with van der Waals surface area (Å²) in [5.41, 5.74) is 2.86. The summed E-state index contributed by atoms with van der Waals surface area (Å²) in [6.07, 6.45) is 7.24. The largest absolute Gasteiger partial charge is 0.379 e. The average Bonchev–Trinajstić information content (AvgIpc) is 3.33. The van der Waals surface area contributed by atoms with Crippen molar-refractivity contribution in [1.29, 1.82) is 0 Å². The van der Waals surface area contributed by atoms with Crippen molar-refractivity contribution in [2.75, 3.05) is 56.2 Å². The van der Waals surface area contributed by atoms with Gasteiger partial charge < -0.3 is 20.3 Å². The number of halogens is 1. The Morgan fingerprint density at radius 1 is 1.05 bits per heavy atom. The number of carbonyl (C=O) groups is 2. The van der Waals surface area contributed by atoms with Crippen LogP contribution in [0.2, 0.25) is 5.02 Å². The van der Waals surface area contributed by atoms with E-state index in [1.807, 2.05) is 18.2 Å². The number of carbonyl (C=O) groups excluding carboxylic acids is 2. The molecule has 0 atom stereocenters. The van der Waals surface area contributed by atoms with Gasteiger partial charge in [0, 0.05) is 54.4 Å². The first kappa shape index (κ1) is 25.1. The lowest BCUT2D eigenvalue weighted by atomic mass is 10.2. The quantitative estimate of drug-likeness (QED) is 0.344. The standard InChI is InChI=1S/C26H28ClN7O3/c27-19-3-2-18-6-9-34(22(18)14-19)26-20-15-23(29-16-21(20)30-17-31-26)32-25(36)5-4-24(35)28-7-1-8-33-10-12-37-13-11-33/h2-5,14-17H,1,6-13H2,(H,28,35)(H,29,32,36). The zero-order valence-corrected chi connectivity index (χ0v) is 21.1. The monoisotopic (exact) mass is 521 g/mol. The van der Waals surface area contributed by atoms with Gasteiger partial charge in [0.1, 0.15) is 18.0 Å². The van der Waals surface area contributed by atoms with Crippen LogP contribution in [0.3, 0.4) is 0 Å². The van der Waals surface area contributed by atoms with Crippen molar-refractivity contribution in [3.63, 3.8) is 0 Å². The molecule has 0 spiro atoms. The Labute approximate surface area is 219 Å². The fourth-order valence-corrected chi connectivity index (χ4v) is 4.68. The summed E-state index contributed by atoms with van der Waals surface area (Å²) in [5, 5.41) is 6.93. The smallest absolute Gasteiger partial charge is 0.249 e. The molecule has 192 valence electrons. The lowest BCUT2D eigenvalue weighted by molar-refractivity contribution is -0.117. The number of hydrogen-bond donors (Lipinski definition) is 2. The topological polar surface area (TPSA) is 113 Å². The van der Waals surface area contributed by atoms with E-state index in [-0.39, 0.29) is 5.91 Å². The van der Waals surface area contributed by atoms with E-state index in [0.29, 0.717) is 22.9 Å². The molecule has 1 aromatic carbocycles. The van der Waals surface area contributed by atoms with E-state index < -0.39 is 5.91 Å². The molecule has 1 saturated heterocycles. The molecule has 0 unspecified atom stereocenters. The van der Waals surface area contributed by atoms with E-state index >= 15 is 0 Å². The van der Waals surface area contributed by atoms with Crippen LogP contribution >= 0.6 is 11.6 Å². The van der Waals surface area contributed by atoms with Gasteiger partial charge in [0.05, 0.1) is 24.9 Å². The van der Waals surface area contributed by atoms with E-state index in [0.717, 1.165) is 69.1 Å². The Bertz CT molecular complexity index is 1330. The molecule has 3 aromatic rings. The highest BCUT2D eigenvalue weighted by atomic mass is 35.5. The molecule has 0 aliphatic carbocycles. The summed E-state index contributed by atoms with van der Waals surface area (Å²) in [6, 6.07) is 7.59. The number of anilines is 3. The van der Waals surface area contributed by atoms with Crippen molar-refractivity contribution in [3.8, 4) is 0 Å². The second kappa shape index (κ2) is 11.6. The third-order valence-electron chi connectivity index (χ3n) is 6.39. The van der Waals surface area contributed by atoms with Gasteiger partial charge in [-0.1, -0.05) is 17.7 Å². The van der Waals surface area contributed by atoms with Crippen molar-refractivity contribution in [2.24, 2.45) is 0 Å². The minimum absolute atomic E-state index is 0.314. The molecule has 2 amide bonds. The maximum absolute atomic E-state index is 12.4. The molecule has 0 bridgehead atoms. The van der Waals surface area contributed by atoms with Crippen LogP contribution in [0.1, 0.15) is 12.0 Å². The average molecular weight is 522 g/mol. The number of benzene rings is 1. The maximum Gasteiger partial charge on any atom is 0.249 e. The van der Waals surface area contributed by atoms with Gasteiger partial charge in [0.15, 0.2) is 0 Å². The van der Waals surface area contributed by atoms with Crippen molar-refractivity contribution in [2.45, 2.75) is 12.8 Å². The first-order valence-electron chi connectivity index (χ1n) is 12.3. The number of ether oxygens (including phenoxy) is 1. The molecule has 11 heteroatoms. The van der Waals surface area contributed by atoms with E-state index in [1.165, 1.54) is 24.0 Å². The first-order chi connectivity index (χ1) is 18.1. The molecule has 2 aliphatic heterocycles. The Balaban J connectivity index is 1.19. The highest BCUT2D eigenvalue weighted by Gasteiger charge is 2.23. The van der Waals surface area contributed by atoms with E-state index in [4.69, 9.17) is 16.3 Å². The molecular formula is C26H28ClN7O3. The lowest BCUT2D eigenvalue weighted by Crippen LogP contribution is -2.38. The molecule has 1 fully saturated rings. The van der Waals surface area contributed by atoms with Crippen LogP contribution in [0.25, 0.3) is 10.9 Å². The normalized spacial score (nSPS) is 15.8. The summed E-state index contributed by atoms with van der Waals surface area (Å²) in [4.78, 5) is 42.1. The Hall–Kier alpha value is -3.60. The molecular weight excluding hydrogens is 494 g/mol. The van der Waals surface area contributed by atoms with Gasteiger partial charge in [0.2, 0.25) is 11.8 Å². The van der Waals surface area contributed by atoms with Crippen LogP contribution in [0.15, 0.2) is 48.9 Å². The summed E-state index contributed by atoms with van der Waals surface area (Å²) in [6.45, 7) is 5.56. The van der Waals surface area contributed by atoms with Crippen LogP contribution < -0.4 is 15.5 Å². The second-order valence-corrected chi connectivity index (χ2v) is 9.32. The van der Waals surface area contributed by atoms with Gasteiger partial charge in [-0.2, -0.15) is 0 Å². The number of morpholine rings is 1. The SMILES string of the molecule is O=C(C=CC(=O)Nc1cc2c(N3CCc4ccc(Cl)cc43)ncnc2cn1)NCCCN1CCOCC1. The summed E-state index contributed by atoms with van der Waals surface area (Å²) >= 11 is 6.24. The van der Waals surface area contributed by atoms with Crippen molar-refractivity contribution in [1.82, 2.24) is 25.2 Å². The number of aromatic nitrogens is 3. The molecule has 2 aliphatic rings. The van der Waals surface area contributed by atoms with Gasteiger partial charge in [-0.15, -0.1) is 0 Å². The minimum Gasteiger partial charge on any atom is -0.379 e. The zero-order chi connectivity index (χ0) is 25.6. The Morgan fingerprint density at radius 2 is 1.89 bits per heavy atom. The number of amides is 2. The van der Waals surface area contributed by atoms with Gasteiger partial charge in [-0.05, 0) is 43.1 Å². The van der Waals surface area contributed by atoms with Crippen molar-refractivity contribution in [3.05, 3.63) is 59.5 Å². The third-order valence-corrected chi connectivity index (χ3v) is 6.63. The molecule has 2 N–H and O–H groups in total. The van der Waals surface area contributed by atoms with Crippen molar-refractivity contribution < 1.29 is 14.3 Å². The van der Waals surface area contributed by atoms with E-state index in [1.54, 1.807) is 12.3 Å². The van der Waals surface area contributed by atoms with Crippen LogP contribution in [0.5, 0.6) is 0 Å². The van der Waals surface area contributed by atoms with Crippen LogP contribution in [-0.2, 0) is 20.7 Å². The second-order valence-electron chi connectivity index (χ2n) is 8.88. The molecule has 4 heterocycles. The van der Waals surface area contributed by atoms with Crippen LogP contribution in [0, 0.1) is 0 Å². The lowest BCUT2D eigenvalue weighted by Gasteiger charge is -2.26. The molecule has 2 aromatic heterocycles. The van der Waals surface area contributed by atoms with Gasteiger partial charge in [-0.3, -0.25) is 14.5 Å². The third kappa shape index (κ3) is 6.22. The number of pyridine rings is 1. The summed E-state index contributed by atoms with van der Waals surface area (Å²) in [7, 11) is 0. The molecule has 0 radical (unpaired) electrons. The first-order valence-corrected chi connectivity index (χ1v) is 12.7.